The second-order valence-corrected chi connectivity index (χ2v) is 3.94. The van der Waals surface area contributed by atoms with Crippen LogP contribution in [0.25, 0.3) is 0 Å². The first-order valence-electron chi connectivity index (χ1n) is 4.78. The number of aliphatic hydroxyl groups excluding tert-OH is 1. The fourth-order valence-electron chi connectivity index (χ4n) is 1.97. The summed E-state index contributed by atoms with van der Waals surface area (Å²) < 4.78 is 0. The van der Waals surface area contributed by atoms with E-state index in [9.17, 15) is 9.90 Å². The van der Waals surface area contributed by atoms with Crippen molar-refractivity contribution >= 4 is 5.91 Å². The van der Waals surface area contributed by atoms with E-state index in [0.717, 1.165) is 12.8 Å². The van der Waals surface area contributed by atoms with Gasteiger partial charge in [-0.05, 0) is 12.8 Å². The highest BCUT2D eigenvalue weighted by Gasteiger charge is 2.32. The molecule has 1 rings (SSSR count). The quantitative estimate of drug-likeness (QED) is 0.547. The molecular weight excluding hydrogens is 168 g/mol. The smallest absolute Gasteiger partial charge is 0.231 e. The fourth-order valence-corrected chi connectivity index (χ4v) is 1.97. The van der Waals surface area contributed by atoms with E-state index in [2.05, 4.69) is 5.32 Å². The Morgan fingerprint density at radius 3 is 2.54 bits per heavy atom. The van der Waals surface area contributed by atoms with Crippen LogP contribution in [0.1, 0.15) is 25.7 Å². The summed E-state index contributed by atoms with van der Waals surface area (Å²) in [6, 6.07) is 0. The minimum absolute atomic E-state index is 0.00938. The molecule has 0 saturated heterocycles. The van der Waals surface area contributed by atoms with Crippen LogP contribution in [0.2, 0.25) is 0 Å². The Morgan fingerprint density at radius 1 is 1.46 bits per heavy atom. The standard InChI is InChI=1S/C9H18N2O2/c10-8(13)5-11-6-9(7-12)3-1-2-4-9/h11-12H,1-7H2,(H2,10,13). The van der Waals surface area contributed by atoms with Crippen LogP contribution in [-0.2, 0) is 4.79 Å². The van der Waals surface area contributed by atoms with Gasteiger partial charge in [-0.2, -0.15) is 0 Å². The second kappa shape index (κ2) is 4.58. The van der Waals surface area contributed by atoms with Crippen molar-refractivity contribution in [2.75, 3.05) is 19.7 Å². The monoisotopic (exact) mass is 186 g/mol. The lowest BCUT2D eigenvalue weighted by atomic mass is 9.87. The average molecular weight is 186 g/mol. The van der Waals surface area contributed by atoms with Crippen molar-refractivity contribution in [3.63, 3.8) is 0 Å². The van der Waals surface area contributed by atoms with E-state index in [1.54, 1.807) is 0 Å². The highest BCUT2D eigenvalue weighted by Crippen LogP contribution is 2.36. The zero-order valence-electron chi connectivity index (χ0n) is 7.88. The summed E-state index contributed by atoms with van der Waals surface area (Å²) in [6.45, 7) is 1.12. The summed E-state index contributed by atoms with van der Waals surface area (Å²) in [4.78, 5) is 10.5. The summed E-state index contributed by atoms with van der Waals surface area (Å²) >= 11 is 0. The number of amides is 1. The van der Waals surface area contributed by atoms with Gasteiger partial charge in [0.2, 0.25) is 5.91 Å². The van der Waals surface area contributed by atoms with Crippen molar-refractivity contribution in [2.45, 2.75) is 25.7 Å². The van der Waals surface area contributed by atoms with Crippen molar-refractivity contribution < 1.29 is 9.90 Å². The van der Waals surface area contributed by atoms with Gasteiger partial charge in [-0.1, -0.05) is 12.8 Å². The topological polar surface area (TPSA) is 75.4 Å². The molecule has 4 N–H and O–H groups in total. The zero-order chi connectivity index (χ0) is 9.73. The minimum atomic E-state index is -0.342. The van der Waals surface area contributed by atoms with Crippen LogP contribution in [0.15, 0.2) is 0 Å². The Morgan fingerprint density at radius 2 is 2.08 bits per heavy atom. The third-order valence-electron chi connectivity index (χ3n) is 2.80. The zero-order valence-corrected chi connectivity index (χ0v) is 7.88. The number of hydrogen-bond donors (Lipinski definition) is 3. The van der Waals surface area contributed by atoms with Crippen LogP contribution < -0.4 is 11.1 Å². The van der Waals surface area contributed by atoms with Crippen LogP contribution in [0.5, 0.6) is 0 Å². The van der Waals surface area contributed by atoms with Crippen molar-refractivity contribution in [1.82, 2.24) is 5.32 Å². The number of aliphatic hydroxyl groups is 1. The van der Waals surface area contributed by atoms with E-state index in [-0.39, 0.29) is 24.5 Å². The summed E-state index contributed by atoms with van der Waals surface area (Å²) in [7, 11) is 0. The summed E-state index contributed by atoms with van der Waals surface area (Å²) in [6.07, 6.45) is 4.46. The maximum Gasteiger partial charge on any atom is 0.231 e. The predicted molar refractivity (Wildman–Crippen MR) is 50.1 cm³/mol. The molecule has 76 valence electrons. The maximum absolute atomic E-state index is 10.5. The molecular formula is C9H18N2O2. The normalized spacial score (nSPS) is 20.4. The molecule has 4 heteroatoms. The third-order valence-corrected chi connectivity index (χ3v) is 2.80. The van der Waals surface area contributed by atoms with E-state index in [4.69, 9.17) is 5.73 Å². The van der Waals surface area contributed by atoms with Crippen molar-refractivity contribution in [1.29, 1.82) is 0 Å². The SMILES string of the molecule is NC(=O)CNCC1(CO)CCCC1. The lowest BCUT2D eigenvalue weighted by Crippen LogP contribution is -2.39. The number of primary amides is 1. The van der Waals surface area contributed by atoms with E-state index >= 15 is 0 Å². The molecule has 13 heavy (non-hydrogen) atoms. The summed E-state index contributed by atoms with van der Waals surface area (Å²) in [5.41, 5.74) is 5.01. The molecule has 0 aromatic rings. The molecule has 1 aliphatic rings. The van der Waals surface area contributed by atoms with Gasteiger partial charge >= 0.3 is 0 Å². The molecule has 1 fully saturated rings. The van der Waals surface area contributed by atoms with Crippen molar-refractivity contribution in [3.05, 3.63) is 0 Å². The first-order chi connectivity index (χ1) is 6.18. The highest BCUT2D eigenvalue weighted by molar-refractivity contribution is 5.75. The van der Waals surface area contributed by atoms with E-state index < -0.39 is 0 Å². The third kappa shape index (κ3) is 2.97. The molecule has 0 aromatic heterocycles. The Kier molecular flexibility index (Phi) is 3.69. The molecule has 4 nitrogen and oxygen atoms in total. The molecule has 1 saturated carbocycles. The number of carbonyl (C=O) groups excluding carboxylic acids is 1. The molecule has 0 heterocycles. The first-order valence-corrected chi connectivity index (χ1v) is 4.78. The van der Waals surface area contributed by atoms with Gasteiger partial charge in [0, 0.05) is 18.6 Å². The largest absolute Gasteiger partial charge is 0.396 e. The number of rotatable bonds is 5. The van der Waals surface area contributed by atoms with Gasteiger partial charge in [0.15, 0.2) is 0 Å². The highest BCUT2D eigenvalue weighted by atomic mass is 16.3. The van der Waals surface area contributed by atoms with E-state index in [0.29, 0.717) is 6.54 Å². The second-order valence-electron chi connectivity index (χ2n) is 3.94. The Balaban J connectivity index is 2.27. The minimum Gasteiger partial charge on any atom is -0.396 e. The molecule has 0 atom stereocenters. The molecule has 0 aliphatic heterocycles. The maximum atomic E-state index is 10.5. The van der Waals surface area contributed by atoms with Gasteiger partial charge in [-0.25, -0.2) is 0 Å². The van der Waals surface area contributed by atoms with E-state index in [1.165, 1.54) is 12.8 Å². The molecule has 0 bridgehead atoms. The predicted octanol–water partition coefficient (Wildman–Crippen LogP) is -0.386. The molecule has 1 aliphatic carbocycles. The van der Waals surface area contributed by atoms with Gasteiger partial charge < -0.3 is 16.2 Å². The Bertz CT molecular complexity index is 176. The fraction of sp³-hybridized carbons (Fsp3) is 0.889. The van der Waals surface area contributed by atoms with Crippen LogP contribution in [0.4, 0.5) is 0 Å². The van der Waals surface area contributed by atoms with Gasteiger partial charge in [-0.15, -0.1) is 0 Å². The lowest BCUT2D eigenvalue weighted by Gasteiger charge is -2.26. The Hall–Kier alpha value is -0.610. The number of nitrogens with two attached hydrogens (primary N) is 1. The van der Waals surface area contributed by atoms with E-state index in [1.807, 2.05) is 0 Å². The number of nitrogens with one attached hydrogen (secondary N) is 1. The Labute approximate surface area is 78.5 Å². The van der Waals surface area contributed by atoms with Crippen molar-refractivity contribution in [2.24, 2.45) is 11.1 Å². The number of hydrogen-bond acceptors (Lipinski definition) is 3. The van der Waals surface area contributed by atoms with Gasteiger partial charge in [0.25, 0.3) is 0 Å². The first kappa shape index (κ1) is 10.5. The van der Waals surface area contributed by atoms with Crippen LogP contribution >= 0.6 is 0 Å². The lowest BCUT2D eigenvalue weighted by molar-refractivity contribution is -0.117. The van der Waals surface area contributed by atoms with Crippen molar-refractivity contribution in [3.8, 4) is 0 Å². The molecule has 0 spiro atoms. The van der Waals surface area contributed by atoms with Crippen LogP contribution in [-0.4, -0.2) is 30.7 Å². The molecule has 0 aromatic carbocycles. The summed E-state index contributed by atoms with van der Waals surface area (Å²) in [5.74, 6) is -0.342. The van der Waals surface area contributed by atoms with Crippen LogP contribution in [0.3, 0.4) is 0 Å². The van der Waals surface area contributed by atoms with Gasteiger partial charge in [0.05, 0.1) is 6.54 Å². The van der Waals surface area contributed by atoms with Crippen LogP contribution in [0, 0.1) is 5.41 Å². The molecule has 0 unspecified atom stereocenters. The summed E-state index contributed by atoms with van der Waals surface area (Å²) in [5, 5.41) is 12.2. The molecule has 1 amide bonds. The molecule has 0 radical (unpaired) electrons. The van der Waals surface area contributed by atoms with Gasteiger partial charge in [0.1, 0.15) is 0 Å². The van der Waals surface area contributed by atoms with Gasteiger partial charge in [-0.3, -0.25) is 4.79 Å². The number of carbonyl (C=O) groups is 1. The average Bonchev–Trinajstić information content (AvgIpc) is 2.53.